The van der Waals surface area contributed by atoms with Crippen LogP contribution in [0.4, 0.5) is 10.8 Å². The molecule has 1 fully saturated rings. The van der Waals surface area contributed by atoms with Crippen LogP contribution in [0.1, 0.15) is 33.6 Å². The van der Waals surface area contributed by atoms with Gasteiger partial charge in [-0.3, -0.25) is 10.1 Å². The topological polar surface area (TPSA) is 97.6 Å². The summed E-state index contributed by atoms with van der Waals surface area (Å²) in [4.78, 5) is 26.2. The molecule has 1 aliphatic rings. The Labute approximate surface area is 171 Å². The number of amides is 2. The second-order valence-electron chi connectivity index (χ2n) is 7.65. The zero-order valence-electron chi connectivity index (χ0n) is 16.1. The van der Waals surface area contributed by atoms with Crippen molar-refractivity contribution < 1.29 is 18.7 Å². The lowest BCUT2D eigenvalue weighted by molar-refractivity contribution is -0.121. The van der Waals surface area contributed by atoms with E-state index in [9.17, 15) is 9.59 Å². The van der Waals surface area contributed by atoms with Crippen LogP contribution in [-0.2, 0) is 9.53 Å². The van der Waals surface area contributed by atoms with Gasteiger partial charge in [0.05, 0.1) is 0 Å². The molecule has 1 aromatic carbocycles. The van der Waals surface area contributed by atoms with Gasteiger partial charge in [-0.15, -0.1) is 5.10 Å². The molecular formula is C19H23BrN4O4. The number of benzene rings is 1. The van der Waals surface area contributed by atoms with E-state index in [-0.39, 0.29) is 23.9 Å². The van der Waals surface area contributed by atoms with Crippen molar-refractivity contribution >= 4 is 33.9 Å². The van der Waals surface area contributed by atoms with Crippen LogP contribution in [0.15, 0.2) is 33.2 Å². The first-order valence-electron chi connectivity index (χ1n) is 9.09. The zero-order chi connectivity index (χ0) is 20.3. The summed E-state index contributed by atoms with van der Waals surface area (Å²) in [7, 11) is 0. The maximum atomic E-state index is 12.5. The number of hydrogen-bond donors (Lipinski definition) is 1. The van der Waals surface area contributed by atoms with E-state index in [4.69, 9.17) is 9.15 Å². The average Bonchev–Trinajstić information content (AvgIpc) is 3.09. The molecule has 1 N–H and O–H groups in total. The first-order chi connectivity index (χ1) is 13.2. The molecule has 9 heteroatoms. The number of carbonyl (C=O) groups is 2. The van der Waals surface area contributed by atoms with Crippen molar-refractivity contribution in [2.24, 2.45) is 5.92 Å². The maximum absolute atomic E-state index is 12.5. The summed E-state index contributed by atoms with van der Waals surface area (Å²) in [5.74, 6) is -0.0791. The molecule has 2 amide bonds. The summed E-state index contributed by atoms with van der Waals surface area (Å²) >= 11 is 3.39. The summed E-state index contributed by atoms with van der Waals surface area (Å²) in [6.07, 6.45) is 0.761. The predicted molar refractivity (Wildman–Crippen MR) is 107 cm³/mol. The van der Waals surface area contributed by atoms with Crippen molar-refractivity contribution in [3.8, 4) is 11.5 Å². The van der Waals surface area contributed by atoms with Crippen LogP contribution < -0.4 is 5.32 Å². The number of halogens is 1. The Morgan fingerprint density at radius 2 is 1.96 bits per heavy atom. The largest absolute Gasteiger partial charge is 0.444 e. The standard InChI is InChI=1S/C19H23BrN4O4/c1-19(2,3)28-18(26)24-9-7-12(8-10-24)15(25)21-17-23-22-16(27-17)13-5-4-6-14(20)11-13/h4-6,11-12H,7-10H2,1-3H3,(H,21,23,25). The van der Waals surface area contributed by atoms with E-state index in [2.05, 4.69) is 31.4 Å². The second kappa shape index (κ2) is 8.30. The number of carbonyl (C=O) groups excluding carboxylic acids is 2. The molecule has 1 saturated heterocycles. The van der Waals surface area contributed by atoms with Gasteiger partial charge in [-0.05, 0) is 51.8 Å². The average molecular weight is 451 g/mol. The van der Waals surface area contributed by atoms with Gasteiger partial charge in [-0.25, -0.2) is 4.79 Å². The van der Waals surface area contributed by atoms with Crippen molar-refractivity contribution in [1.29, 1.82) is 0 Å². The minimum atomic E-state index is -0.532. The van der Waals surface area contributed by atoms with Crippen LogP contribution in [0.3, 0.4) is 0 Å². The summed E-state index contributed by atoms with van der Waals surface area (Å²) in [6.45, 7) is 6.44. The molecule has 1 aromatic heterocycles. The van der Waals surface area contributed by atoms with Crippen LogP contribution in [0, 0.1) is 5.92 Å². The van der Waals surface area contributed by atoms with Gasteiger partial charge in [0.1, 0.15) is 5.60 Å². The van der Waals surface area contributed by atoms with E-state index in [0.717, 1.165) is 10.0 Å². The Morgan fingerprint density at radius 3 is 2.61 bits per heavy atom. The molecule has 3 rings (SSSR count). The van der Waals surface area contributed by atoms with Gasteiger partial charge in [-0.1, -0.05) is 27.1 Å². The van der Waals surface area contributed by atoms with Gasteiger partial charge in [0.25, 0.3) is 0 Å². The fourth-order valence-electron chi connectivity index (χ4n) is 2.87. The SMILES string of the molecule is CC(C)(C)OC(=O)N1CCC(C(=O)Nc2nnc(-c3cccc(Br)c3)o2)CC1. The van der Waals surface area contributed by atoms with Crippen LogP contribution in [0.25, 0.3) is 11.5 Å². The van der Waals surface area contributed by atoms with E-state index < -0.39 is 5.60 Å². The highest BCUT2D eigenvalue weighted by Crippen LogP contribution is 2.25. The van der Waals surface area contributed by atoms with Crippen LogP contribution in [0.2, 0.25) is 0 Å². The number of likely N-dealkylation sites (tertiary alicyclic amines) is 1. The number of aromatic nitrogens is 2. The number of rotatable bonds is 3. The smallest absolute Gasteiger partial charge is 0.410 e. The van der Waals surface area contributed by atoms with Crippen LogP contribution in [-0.4, -0.2) is 45.8 Å². The van der Waals surface area contributed by atoms with Crippen LogP contribution in [0.5, 0.6) is 0 Å². The molecule has 0 spiro atoms. The third-order valence-electron chi connectivity index (χ3n) is 4.24. The number of hydrogen-bond acceptors (Lipinski definition) is 6. The van der Waals surface area contributed by atoms with E-state index in [1.54, 1.807) is 4.90 Å². The first-order valence-corrected chi connectivity index (χ1v) is 9.89. The molecule has 2 heterocycles. The van der Waals surface area contributed by atoms with Crippen LogP contribution >= 0.6 is 15.9 Å². The Kier molecular flexibility index (Phi) is 6.02. The van der Waals surface area contributed by atoms with E-state index in [1.807, 2.05) is 45.0 Å². The molecule has 0 unspecified atom stereocenters. The van der Waals surface area contributed by atoms with Gasteiger partial charge in [-0.2, -0.15) is 0 Å². The van der Waals surface area contributed by atoms with Crippen molar-refractivity contribution in [2.45, 2.75) is 39.2 Å². The number of nitrogens with zero attached hydrogens (tertiary/aromatic N) is 3. The molecule has 0 aliphatic carbocycles. The molecule has 1 aliphatic heterocycles. The minimum Gasteiger partial charge on any atom is -0.444 e. The van der Waals surface area contributed by atoms with Gasteiger partial charge in [0, 0.05) is 29.0 Å². The molecule has 28 heavy (non-hydrogen) atoms. The second-order valence-corrected chi connectivity index (χ2v) is 8.57. The molecular weight excluding hydrogens is 428 g/mol. The Balaban J connectivity index is 1.53. The molecule has 0 atom stereocenters. The third kappa shape index (κ3) is 5.31. The quantitative estimate of drug-likeness (QED) is 0.755. The van der Waals surface area contributed by atoms with Crippen molar-refractivity contribution in [3.63, 3.8) is 0 Å². The number of nitrogens with one attached hydrogen (secondary N) is 1. The third-order valence-corrected chi connectivity index (χ3v) is 4.74. The summed E-state index contributed by atoms with van der Waals surface area (Å²) in [5, 5.41) is 10.5. The fourth-order valence-corrected chi connectivity index (χ4v) is 3.27. The van der Waals surface area contributed by atoms with E-state index >= 15 is 0 Å². The van der Waals surface area contributed by atoms with Crippen molar-refractivity contribution in [3.05, 3.63) is 28.7 Å². The van der Waals surface area contributed by atoms with Crippen molar-refractivity contribution in [1.82, 2.24) is 15.1 Å². The highest BCUT2D eigenvalue weighted by Gasteiger charge is 2.30. The van der Waals surface area contributed by atoms with Gasteiger partial charge in [0.2, 0.25) is 11.8 Å². The molecule has 150 valence electrons. The highest BCUT2D eigenvalue weighted by atomic mass is 79.9. The van der Waals surface area contributed by atoms with Crippen molar-refractivity contribution in [2.75, 3.05) is 18.4 Å². The Hall–Kier alpha value is -2.42. The monoisotopic (exact) mass is 450 g/mol. The molecule has 2 aromatic rings. The first kappa shape index (κ1) is 20.3. The summed E-state index contributed by atoms with van der Waals surface area (Å²) in [5.41, 5.74) is 0.225. The predicted octanol–water partition coefficient (Wildman–Crippen LogP) is 4.08. The molecule has 0 radical (unpaired) electrons. The molecule has 0 saturated carbocycles. The zero-order valence-corrected chi connectivity index (χ0v) is 17.7. The van der Waals surface area contributed by atoms with Gasteiger partial charge >= 0.3 is 12.1 Å². The number of piperidine rings is 1. The maximum Gasteiger partial charge on any atom is 0.410 e. The summed E-state index contributed by atoms with van der Waals surface area (Å²) < 4.78 is 11.8. The Morgan fingerprint density at radius 1 is 1.25 bits per heavy atom. The van der Waals surface area contributed by atoms with E-state index in [0.29, 0.717) is 31.8 Å². The minimum absolute atomic E-state index is 0.0644. The normalized spacial score (nSPS) is 15.4. The number of ether oxygens (including phenoxy) is 1. The fraction of sp³-hybridized carbons (Fsp3) is 0.474. The Bertz CT molecular complexity index is 854. The lowest BCUT2D eigenvalue weighted by Crippen LogP contribution is -2.43. The van der Waals surface area contributed by atoms with Gasteiger partial charge < -0.3 is 14.1 Å². The molecule has 0 bridgehead atoms. The highest BCUT2D eigenvalue weighted by molar-refractivity contribution is 9.10. The molecule has 8 nitrogen and oxygen atoms in total. The summed E-state index contributed by atoms with van der Waals surface area (Å²) in [6, 6.07) is 7.52. The lowest BCUT2D eigenvalue weighted by Gasteiger charge is -2.32. The lowest BCUT2D eigenvalue weighted by atomic mass is 9.96. The van der Waals surface area contributed by atoms with Gasteiger partial charge in [0.15, 0.2) is 0 Å². The number of anilines is 1. The van der Waals surface area contributed by atoms with E-state index in [1.165, 1.54) is 0 Å².